The number of Topliss-reactive ketones (excluding diaryl/α,β-unsaturated/α-hetero) is 1. The van der Waals surface area contributed by atoms with Crippen LogP contribution < -0.4 is 4.90 Å². The van der Waals surface area contributed by atoms with Crippen molar-refractivity contribution in [1.82, 2.24) is 4.98 Å². The van der Waals surface area contributed by atoms with Gasteiger partial charge < -0.3 is 5.11 Å². The van der Waals surface area contributed by atoms with E-state index in [1.165, 1.54) is 16.2 Å². The van der Waals surface area contributed by atoms with Crippen LogP contribution in [0.5, 0.6) is 0 Å². The van der Waals surface area contributed by atoms with Gasteiger partial charge in [0, 0.05) is 10.4 Å². The monoisotopic (exact) mass is 446 g/mol. The summed E-state index contributed by atoms with van der Waals surface area (Å²) >= 11 is 1.37. The molecule has 1 aliphatic heterocycles. The number of aliphatic hydroxyl groups excluding tert-OH is 1. The van der Waals surface area contributed by atoms with Crippen LogP contribution >= 0.6 is 11.3 Å². The van der Waals surface area contributed by atoms with Crippen molar-refractivity contribution in [2.24, 2.45) is 0 Å². The van der Waals surface area contributed by atoms with E-state index in [1.807, 2.05) is 44.2 Å². The lowest BCUT2D eigenvalue weighted by Crippen LogP contribution is -2.29. The molecule has 1 amide bonds. The van der Waals surface area contributed by atoms with E-state index in [0.717, 1.165) is 21.7 Å². The summed E-state index contributed by atoms with van der Waals surface area (Å²) in [7, 11) is 0. The Morgan fingerprint density at radius 2 is 1.62 bits per heavy atom. The summed E-state index contributed by atoms with van der Waals surface area (Å²) in [4.78, 5) is 33.3. The number of anilines is 1. The van der Waals surface area contributed by atoms with Gasteiger partial charge in [-0.15, -0.1) is 11.3 Å². The molecule has 2 heterocycles. The molecule has 6 heteroatoms. The Labute approximate surface area is 192 Å². The summed E-state index contributed by atoms with van der Waals surface area (Å²) in [6.45, 7) is 10.2. The fourth-order valence-corrected chi connectivity index (χ4v) is 4.76. The Morgan fingerprint density at radius 1 is 1.00 bits per heavy atom. The van der Waals surface area contributed by atoms with Crippen LogP contribution in [0, 0.1) is 13.8 Å². The zero-order valence-electron chi connectivity index (χ0n) is 18.8. The van der Waals surface area contributed by atoms with Gasteiger partial charge in [-0.05, 0) is 30.4 Å². The van der Waals surface area contributed by atoms with Crippen LogP contribution in [0.3, 0.4) is 0 Å². The second-order valence-corrected chi connectivity index (χ2v) is 10.2. The Hall–Kier alpha value is -3.25. The number of hydrogen-bond acceptors (Lipinski definition) is 5. The highest BCUT2D eigenvalue weighted by Crippen LogP contribution is 2.44. The van der Waals surface area contributed by atoms with Crippen molar-refractivity contribution >= 4 is 33.9 Å². The number of rotatable bonds is 3. The largest absolute Gasteiger partial charge is 0.507 e. The third-order valence-corrected chi connectivity index (χ3v) is 6.88. The summed E-state index contributed by atoms with van der Waals surface area (Å²) in [5.41, 5.74) is 3.25. The molecular weight excluding hydrogens is 420 g/mol. The van der Waals surface area contributed by atoms with Crippen LogP contribution in [-0.4, -0.2) is 21.8 Å². The number of aliphatic hydroxyl groups is 1. The molecule has 3 aromatic rings. The van der Waals surface area contributed by atoms with E-state index in [9.17, 15) is 14.7 Å². The van der Waals surface area contributed by atoms with Crippen molar-refractivity contribution < 1.29 is 14.7 Å². The molecule has 1 aromatic heterocycles. The van der Waals surface area contributed by atoms with Gasteiger partial charge in [-0.3, -0.25) is 14.5 Å². The van der Waals surface area contributed by atoms with Gasteiger partial charge in [0.2, 0.25) is 0 Å². The second kappa shape index (κ2) is 8.02. The average molecular weight is 447 g/mol. The highest BCUT2D eigenvalue weighted by molar-refractivity contribution is 7.16. The molecule has 1 saturated heterocycles. The smallest absolute Gasteiger partial charge is 0.301 e. The van der Waals surface area contributed by atoms with Gasteiger partial charge in [0.05, 0.1) is 17.3 Å². The van der Waals surface area contributed by atoms with Crippen molar-refractivity contribution in [3.8, 4) is 0 Å². The van der Waals surface area contributed by atoms with E-state index in [-0.39, 0.29) is 16.7 Å². The third-order valence-electron chi connectivity index (χ3n) is 5.81. The zero-order chi connectivity index (χ0) is 23.2. The first kappa shape index (κ1) is 22.0. The van der Waals surface area contributed by atoms with Gasteiger partial charge in [0.1, 0.15) is 5.76 Å². The predicted octanol–water partition coefficient (Wildman–Crippen LogP) is 5.68. The van der Waals surface area contributed by atoms with Crippen LogP contribution in [-0.2, 0) is 15.0 Å². The summed E-state index contributed by atoms with van der Waals surface area (Å²) < 4.78 is 0. The number of carbonyl (C=O) groups is 2. The number of nitrogens with zero attached hydrogens (tertiary/aromatic N) is 2. The Kier molecular flexibility index (Phi) is 5.51. The molecule has 0 unspecified atom stereocenters. The number of carbonyl (C=O) groups excluding carboxylic acids is 2. The number of amides is 1. The number of benzene rings is 2. The normalized spacial score (nSPS) is 18.4. The lowest BCUT2D eigenvalue weighted by molar-refractivity contribution is -0.132. The Bertz CT molecular complexity index is 1200. The first-order chi connectivity index (χ1) is 15.1. The molecule has 0 spiro atoms. The molecule has 0 bridgehead atoms. The lowest BCUT2D eigenvalue weighted by atomic mass is 9.85. The van der Waals surface area contributed by atoms with E-state index in [4.69, 9.17) is 0 Å². The van der Waals surface area contributed by atoms with Gasteiger partial charge in [-0.1, -0.05) is 75.4 Å². The maximum Gasteiger partial charge on any atom is 0.301 e. The van der Waals surface area contributed by atoms with E-state index < -0.39 is 17.7 Å². The zero-order valence-corrected chi connectivity index (χ0v) is 19.7. The fraction of sp³-hybridized carbons (Fsp3) is 0.269. The third kappa shape index (κ3) is 3.75. The van der Waals surface area contributed by atoms with Gasteiger partial charge in [-0.25, -0.2) is 4.98 Å². The van der Waals surface area contributed by atoms with Crippen molar-refractivity contribution in [2.75, 3.05) is 4.90 Å². The van der Waals surface area contributed by atoms with E-state index in [1.54, 1.807) is 24.3 Å². The molecule has 4 rings (SSSR count). The SMILES string of the molecule is Cc1nc(N2C(=O)C(=O)C(=C(O)c3ccccc3)[C@H]2c2ccc(C(C)(C)C)cc2)sc1C. The van der Waals surface area contributed by atoms with E-state index in [2.05, 4.69) is 25.8 Å². The van der Waals surface area contributed by atoms with Crippen molar-refractivity contribution in [1.29, 1.82) is 0 Å². The van der Waals surface area contributed by atoms with Gasteiger partial charge in [-0.2, -0.15) is 0 Å². The summed E-state index contributed by atoms with van der Waals surface area (Å²) in [5.74, 6) is -1.57. The first-order valence-corrected chi connectivity index (χ1v) is 11.3. The summed E-state index contributed by atoms with van der Waals surface area (Å²) in [6, 6.07) is 16.0. The minimum Gasteiger partial charge on any atom is -0.507 e. The number of thiazole rings is 1. The van der Waals surface area contributed by atoms with Gasteiger partial charge in [0.15, 0.2) is 5.13 Å². The molecule has 164 valence electrons. The standard InChI is InChI=1S/C26H26N2O3S/c1-15-16(2)32-25(27-15)28-21(17-11-13-19(14-12-17)26(3,4)5)20(23(30)24(28)31)22(29)18-9-7-6-8-10-18/h6-14,21,29H,1-5H3/t21-/m1/s1. The first-order valence-electron chi connectivity index (χ1n) is 10.5. The Morgan fingerprint density at radius 3 is 2.16 bits per heavy atom. The highest BCUT2D eigenvalue weighted by Gasteiger charge is 2.48. The molecule has 1 atom stereocenters. The van der Waals surface area contributed by atoms with Gasteiger partial charge in [0.25, 0.3) is 5.78 Å². The molecule has 1 fully saturated rings. The fourth-order valence-electron chi connectivity index (χ4n) is 3.82. The molecule has 32 heavy (non-hydrogen) atoms. The molecule has 5 nitrogen and oxygen atoms in total. The van der Waals surface area contributed by atoms with Gasteiger partial charge >= 0.3 is 5.91 Å². The van der Waals surface area contributed by atoms with Crippen molar-refractivity contribution in [2.45, 2.75) is 46.1 Å². The van der Waals surface area contributed by atoms with Crippen molar-refractivity contribution in [3.63, 3.8) is 0 Å². The lowest BCUT2D eigenvalue weighted by Gasteiger charge is -2.24. The topological polar surface area (TPSA) is 70.5 Å². The van der Waals surface area contributed by atoms with Crippen molar-refractivity contribution in [3.05, 3.63) is 87.4 Å². The minimum atomic E-state index is -0.755. The number of ketones is 1. The Balaban J connectivity index is 1.93. The predicted molar refractivity (Wildman–Crippen MR) is 128 cm³/mol. The van der Waals surface area contributed by atoms with E-state index in [0.29, 0.717) is 10.7 Å². The molecule has 1 aliphatic rings. The van der Waals surface area contributed by atoms with Crippen LogP contribution in [0.2, 0.25) is 0 Å². The maximum absolute atomic E-state index is 13.2. The number of aromatic nitrogens is 1. The quantitative estimate of drug-likeness (QED) is 0.319. The van der Waals surface area contributed by atoms with Crippen LogP contribution in [0.4, 0.5) is 5.13 Å². The number of aryl methyl sites for hydroxylation is 2. The summed E-state index contributed by atoms with van der Waals surface area (Å²) in [6.07, 6.45) is 0. The summed E-state index contributed by atoms with van der Waals surface area (Å²) in [5, 5.41) is 11.6. The van der Waals surface area contributed by atoms with E-state index >= 15 is 0 Å². The molecule has 1 N–H and O–H groups in total. The molecule has 2 aromatic carbocycles. The van der Waals surface area contributed by atoms with Crippen LogP contribution in [0.25, 0.3) is 5.76 Å². The van der Waals surface area contributed by atoms with Crippen LogP contribution in [0.1, 0.15) is 54.1 Å². The van der Waals surface area contributed by atoms with Crippen LogP contribution in [0.15, 0.2) is 60.2 Å². The average Bonchev–Trinajstić information content (AvgIpc) is 3.23. The number of hydrogen-bond donors (Lipinski definition) is 1. The minimum absolute atomic E-state index is 0.0338. The molecule has 0 aliphatic carbocycles. The second-order valence-electron chi connectivity index (χ2n) is 9.05. The molecular formula is C26H26N2O3S. The maximum atomic E-state index is 13.2. The molecule has 0 saturated carbocycles. The molecule has 0 radical (unpaired) electrons. The highest BCUT2D eigenvalue weighted by atomic mass is 32.1.